The summed E-state index contributed by atoms with van der Waals surface area (Å²) in [4.78, 5) is 18.3. The molecule has 0 spiro atoms. The van der Waals surface area contributed by atoms with Crippen molar-refractivity contribution in [2.24, 2.45) is 0 Å². The first-order valence-corrected chi connectivity index (χ1v) is 7.75. The summed E-state index contributed by atoms with van der Waals surface area (Å²) in [6.07, 6.45) is 1.98. The molecule has 7 nitrogen and oxygen atoms in total. The molecular weight excluding hydrogens is 308 g/mol. The van der Waals surface area contributed by atoms with E-state index in [-0.39, 0.29) is 12.1 Å². The molecule has 24 heavy (non-hydrogen) atoms. The smallest absolute Gasteiger partial charge is 0.322 e. The monoisotopic (exact) mass is 326 g/mol. The number of amides is 2. The lowest BCUT2D eigenvalue weighted by Crippen LogP contribution is -2.38. The molecule has 0 saturated heterocycles. The van der Waals surface area contributed by atoms with Crippen molar-refractivity contribution in [3.63, 3.8) is 0 Å². The van der Waals surface area contributed by atoms with E-state index in [1.54, 1.807) is 23.1 Å². The van der Waals surface area contributed by atoms with Gasteiger partial charge in [0, 0.05) is 19.0 Å². The van der Waals surface area contributed by atoms with Gasteiger partial charge in [-0.2, -0.15) is 5.26 Å². The minimum Gasteiger partial charge on any atom is -0.489 e. The van der Waals surface area contributed by atoms with Crippen LogP contribution < -0.4 is 10.1 Å². The number of hydrogen-bond acceptors (Lipinski definition) is 5. The Labute approximate surface area is 139 Å². The number of benzene rings is 1. The second-order valence-electron chi connectivity index (χ2n) is 5.81. The van der Waals surface area contributed by atoms with E-state index < -0.39 is 0 Å². The van der Waals surface area contributed by atoms with E-state index >= 15 is 0 Å². The highest BCUT2D eigenvalue weighted by molar-refractivity contribution is 5.91. The number of fused-ring (bicyclic) bond motifs is 1. The molecule has 7 heteroatoms. The summed E-state index contributed by atoms with van der Waals surface area (Å²) in [6.45, 7) is 4.75. The summed E-state index contributed by atoms with van der Waals surface area (Å²) >= 11 is 0. The number of urea groups is 1. The van der Waals surface area contributed by atoms with Crippen molar-refractivity contribution in [1.82, 2.24) is 9.88 Å². The molecule has 0 bridgehead atoms. The van der Waals surface area contributed by atoms with Crippen LogP contribution in [0.15, 0.2) is 29.0 Å². The maximum Gasteiger partial charge on any atom is 0.322 e. The first-order chi connectivity index (χ1) is 11.6. The Morgan fingerprint density at radius 1 is 1.50 bits per heavy atom. The van der Waals surface area contributed by atoms with Crippen LogP contribution in [0.1, 0.15) is 30.9 Å². The molecule has 2 amide bonds. The number of nitrogens with one attached hydrogen (secondary N) is 1. The Morgan fingerprint density at radius 3 is 3.08 bits per heavy atom. The fourth-order valence-electron chi connectivity index (χ4n) is 2.54. The lowest BCUT2D eigenvalue weighted by atomic mass is 10.1. The predicted octanol–water partition coefficient (Wildman–Crippen LogP) is 2.92. The van der Waals surface area contributed by atoms with Crippen molar-refractivity contribution in [1.29, 1.82) is 5.26 Å². The van der Waals surface area contributed by atoms with Crippen molar-refractivity contribution in [2.75, 3.05) is 11.9 Å². The normalized spacial score (nSPS) is 13.3. The van der Waals surface area contributed by atoms with E-state index in [1.807, 2.05) is 13.8 Å². The zero-order valence-electron chi connectivity index (χ0n) is 13.6. The number of ether oxygens (including phenoxy) is 1. The number of hydrogen-bond donors (Lipinski definition) is 1. The number of aromatic nitrogens is 1. The molecule has 1 aromatic heterocycles. The van der Waals surface area contributed by atoms with E-state index in [0.29, 0.717) is 36.5 Å². The number of carbonyl (C=O) groups is 1. The number of carbonyl (C=O) groups excluding carboxylic acids is 1. The highest BCUT2D eigenvalue weighted by Crippen LogP contribution is 2.28. The van der Waals surface area contributed by atoms with Gasteiger partial charge in [0.2, 0.25) is 0 Å². The van der Waals surface area contributed by atoms with Crippen LogP contribution in [-0.2, 0) is 13.0 Å². The predicted molar refractivity (Wildman–Crippen MR) is 86.6 cm³/mol. The fourth-order valence-corrected chi connectivity index (χ4v) is 2.54. The molecule has 0 fully saturated rings. The van der Waals surface area contributed by atoms with Gasteiger partial charge in [-0.25, -0.2) is 9.78 Å². The summed E-state index contributed by atoms with van der Waals surface area (Å²) in [7, 11) is 0. The van der Waals surface area contributed by atoms with Gasteiger partial charge in [-0.3, -0.25) is 0 Å². The largest absolute Gasteiger partial charge is 0.489 e. The molecule has 0 atom stereocenters. The number of anilines is 1. The van der Waals surface area contributed by atoms with Crippen molar-refractivity contribution in [3.05, 3.63) is 41.6 Å². The van der Waals surface area contributed by atoms with Crippen LogP contribution in [0.5, 0.6) is 5.75 Å². The topological polar surface area (TPSA) is 91.4 Å². The highest BCUT2D eigenvalue weighted by Gasteiger charge is 2.24. The van der Waals surface area contributed by atoms with Gasteiger partial charge in [0.1, 0.15) is 17.2 Å². The van der Waals surface area contributed by atoms with Gasteiger partial charge in [0.05, 0.1) is 30.0 Å². The molecule has 0 unspecified atom stereocenters. The molecule has 0 saturated carbocycles. The third-order valence-corrected chi connectivity index (χ3v) is 3.68. The van der Waals surface area contributed by atoms with E-state index in [0.717, 1.165) is 11.5 Å². The molecule has 1 aliphatic heterocycles. The van der Waals surface area contributed by atoms with Crippen LogP contribution in [0.2, 0.25) is 0 Å². The molecule has 1 aromatic carbocycles. The molecule has 1 aliphatic rings. The van der Waals surface area contributed by atoms with Crippen LogP contribution in [-0.4, -0.2) is 28.6 Å². The first-order valence-electron chi connectivity index (χ1n) is 7.75. The number of oxazole rings is 1. The van der Waals surface area contributed by atoms with Crippen LogP contribution in [0.25, 0.3) is 0 Å². The Hall–Kier alpha value is -3.01. The van der Waals surface area contributed by atoms with Gasteiger partial charge in [-0.05, 0) is 26.0 Å². The Bertz CT molecular complexity index is 791. The number of nitrogens with zero attached hydrogens (tertiary/aromatic N) is 3. The van der Waals surface area contributed by atoms with Crippen molar-refractivity contribution < 1.29 is 13.9 Å². The Kier molecular flexibility index (Phi) is 4.38. The second kappa shape index (κ2) is 6.62. The van der Waals surface area contributed by atoms with Crippen molar-refractivity contribution >= 4 is 11.7 Å². The van der Waals surface area contributed by atoms with E-state index in [1.165, 1.54) is 6.39 Å². The molecule has 2 heterocycles. The van der Waals surface area contributed by atoms with Crippen molar-refractivity contribution in [2.45, 2.75) is 32.9 Å². The average molecular weight is 326 g/mol. The summed E-state index contributed by atoms with van der Waals surface area (Å²) in [5, 5.41) is 11.9. The zero-order valence-corrected chi connectivity index (χ0v) is 13.6. The molecule has 2 aromatic rings. The zero-order chi connectivity index (χ0) is 17.1. The maximum absolute atomic E-state index is 12.5. The molecule has 0 radical (unpaired) electrons. The van der Waals surface area contributed by atoms with Gasteiger partial charge < -0.3 is 19.4 Å². The molecule has 124 valence electrons. The van der Waals surface area contributed by atoms with Crippen LogP contribution >= 0.6 is 0 Å². The third-order valence-electron chi connectivity index (χ3n) is 3.68. The van der Waals surface area contributed by atoms with Gasteiger partial charge in [-0.1, -0.05) is 0 Å². The van der Waals surface area contributed by atoms with Gasteiger partial charge in [-0.15, -0.1) is 0 Å². The Balaban J connectivity index is 1.76. The molecule has 1 N–H and O–H groups in total. The molecule has 0 aliphatic carbocycles. The molecule has 3 rings (SSSR count). The lowest BCUT2D eigenvalue weighted by Gasteiger charge is -2.26. The number of nitriles is 1. The van der Waals surface area contributed by atoms with E-state index in [4.69, 9.17) is 14.4 Å². The quantitative estimate of drug-likeness (QED) is 0.936. The van der Waals surface area contributed by atoms with Gasteiger partial charge >= 0.3 is 6.03 Å². The average Bonchev–Trinajstić information content (AvgIpc) is 3.03. The minimum absolute atomic E-state index is 0.0673. The number of rotatable bonds is 3. The molecular formula is C17H18N4O3. The standard InChI is InChI=1S/C17H18N4O3/c1-11(2)24-16-7-12(8-18)3-4-13(16)20-17(22)21-6-5-15-14(9-21)19-10-23-15/h3-4,7,10-11H,5-6,9H2,1-2H3,(H,20,22). The summed E-state index contributed by atoms with van der Waals surface area (Å²) < 4.78 is 11.0. The fraction of sp³-hybridized carbons (Fsp3) is 0.353. The van der Waals surface area contributed by atoms with Gasteiger partial charge in [0.25, 0.3) is 0 Å². The second-order valence-corrected chi connectivity index (χ2v) is 5.81. The summed E-state index contributed by atoms with van der Waals surface area (Å²) in [5.74, 6) is 1.32. The van der Waals surface area contributed by atoms with Crippen LogP contribution in [0, 0.1) is 11.3 Å². The van der Waals surface area contributed by atoms with Crippen molar-refractivity contribution in [3.8, 4) is 11.8 Å². The Morgan fingerprint density at radius 2 is 2.33 bits per heavy atom. The van der Waals surface area contributed by atoms with Crippen LogP contribution in [0.4, 0.5) is 10.5 Å². The van der Waals surface area contributed by atoms with E-state index in [9.17, 15) is 4.79 Å². The van der Waals surface area contributed by atoms with Gasteiger partial charge in [0.15, 0.2) is 6.39 Å². The minimum atomic E-state index is -0.234. The third kappa shape index (κ3) is 3.33. The maximum atomic E-state index is 12.5. The summed E-state index contributed by atoms with van der Waals surface area (Å²) in [5.41, 5.74) is 1.81. The first kappa shape index (κ1) is 15.9. The van der Waals surface area contributed by atoms with Crippen LogP contribution in [0.3, 0.4) is 0 Å². The highest BCUT2D eigenvalue weighted by atomic mass is 16.5. The SMILES string of the molecule is CC(C)Oc1cc(C#N)ccc1NC(=O)N1CCc2ocnc2C1. The van der Waals surface area contributed by atoms with E-state index in [2.05, 4.69) is 16.4 Å². The lowest BCUT2D eigenvalue weighted by molar-refractivity contribution is 0.202. The summed E-state index contributed by atoms with van der Waals surface area (Å²) in [6, 6.07) is 6.79.